The molecular formula is C10H10N6. The van der Waals surface area contributed by atoms with Gasteiger partial charge in [0.1, 0.15) is 17.7 Å². The fraction of sp³-hybridized carbons (Fsp3) is 0.200. The summed E-state index contributed by atoms with van der Waals surface area (Å²) in [7, 11) is 1.93. The van der Waals surface area contributed by atoms with Crippen molar-refractivity contribution in [1.82, 2.24) is 19.5 Å². The number of nitrogens with one attached hydrogen (secondary N) is 1. The predicted octanol–water partition coefficient (Wildman–Crippen LogP) is 0.694. The Morgan fingerprint density at radius 1 is 1.38 bits per heavy atom. The number of nitrogens with zero attached hydrogens (tertiary/aromatic N) is 5. The molecular weight excluding hydrogens is 204 g/mol. The van der Waals surface area contributed by atoms with Crippen LogP contribution in [0.5, 0.6) is 0 Å². The summed E-state index contributed by atoms with van der Waals surface area (Å²) in [5.74, 6) is 1.54. The highest BCUT2D eigenvalue weighted by atomic mass is 15.1. The number of aromatic nitrogens is 4. The van der Waals surface area contributed by atoms with Crippen LogP contribution in [0.3, 0.4) is 0 Å². The van der Waals surface area contributed by atoms with Crippen molar-refractivity contribution in [2.45, 2.75) is 6.54 Å². The lowest BCUT2D eigenvalue weighted by Gasteiger charge is -2.04. The van der Waals surface area contributed by atoms with E-state index >= 15 is 0 Å². The molecule has 0 aliphatic carbocycles. The van der Waals surface area contributed by atoms with E-state index in [1.54, 1.807) is 6.20 Å². The maximum absolute atomic E-state index is 8.56. The zero-order valence-electron chi connectivity index (χ0n) is 8.75. The first-order chi connectivity index (χ1) is 7.79. The van der Waals surface area contributed by atoms with Gasteiger partial charge in [0.15, 0.2) is 5.69 Å². The van der Waals surface area contributed by atoms with E-state index in [1.807, 2.05) is 23.9 Å². The van der Waals surface area contributed by atoms with Crippen molar-refractivity contribution in [1.29, 1.82) is 5.26 Å². The smallest absolute Gasteiger partial charge is 0.158 e. The number of hydrogen-bond donors (Lipinski definition) is 1. The second-order valence-corrected chi connectivity index (χ2v) is 3.21. The van der Waals surface area contributed by atoms with E-state index < -0.39 is 0 Å². The van der Waals surface area contributed by atoms with Crippen molar-refractivity contribution < 1.29 is 0 Å². The first-order valence-electron chi connectivity index (χ1n) is 4.72. The molecule has 1 N–H and O–H groups in total. The summed E-state index contributed by atoms with van der Waals surface area (Å²) in [5, 5.41) is 11.6. The Labute approximate surface area is 92.6 Å². The lowest BCUT2D eigenvalue weighted by molar-refractivity contribution is 0.810. The molecule has 0 aliphatic rings. The van der Waals surface area contributed by atoms with E-state index in [9.17, 15) is 0 Å². The Hall–Kier alpha value is -2.42. The normalized spacial score (nSPS) is 9.75. The summed E-state index contributed by atoms with van der Waals surface area (Å²) in [5.41, 5.74) is 0.308. The Morgan fingerprint density at radius 3 is 2.81 bits per heavy atom. The highest BCUT2D eigenvalue weighted by Gasteiger charge is 2.00. The molecule has 2 heterocycles. The van der Waals surface area contributed by atoms with E-state index in [2.05, 4.69) is 20.3 Å². The minimum atomic E-state index is 0.308. The second-order valence-electron chi connectivity index (χ2n) is 3.21. The molecule has 2 aromatic heterocycles. The average molecular weight is 214 g/mol. The minimum absolute atomic E-state index is 0.308. The largest absolute Gasteiger partial charge is 0.362 e. The van der Waals surface area contributed by atoms with Gasteiger partial charge in [-0.3, -0.25) is 0 Å². The van der Waals surface area contributed by atoms with Gasteiger partial charge in [0.05, 0.1) is 18.9 Å². The molecule has 0 aliphatic heterocycles. The summed E-state index contributed by atoms with van der Waals surface area (Å²) in [4.78, 5) is 12.1. The average Bonchev–Trinajstić information content (AvgIpc) is 2.73. The van der Waals surface area contributed by atoms with Gasteiger partial charge in [-0.05, 0) is 0 Å². The number of aryl methyl sites for hydroxylation is 1. The van der Waals surface area contributed by atoms with Crippen molar-refractivity contribution in [2.24, 2.45) is 7.05 Å². The fourth-order valence-corrected chi connectivity index (χ4v) is 1.21. The van der Waals surface area contributed by atoms with E-state index in [-0.39, 0.29) is 0 Å². The Morgan fingerprint density at radius 2 is 2.25 bits per heavy atom. The molecule has 0 amide bonds. The van der Waals surface area contributed by atoms with Gasteiger partial charge in [-0.2, -0.15) is 5.26 Å². The van der Waals surface area contributed by atoms with Crippen LogP contribution in [0.25, 0.3) is 0 Å². The zero-order valence-corrected chi connectivity index (χ0v) is 8.75. The number of rotatable bonds is 3. The summed E-state index contributed by atoms with van der Waals surface area (Å²) in [6.07, 6.45) is 6.57. The molecule has 0 unspecified atom stereocenters. The first-order valence-corrected chi connectivity index (χ1v) is 4.72. The summed E-state index contributed by atoms with van der Waals surface area (Å²) >= 11 is 0. The molecule has 0 radical (unpaired) electrons. The molecule has 2 aromatic rings. The molecule has 6 nitrogen and oxygen atoms in total. The van der Waals surface area contributed by atoms with Crippen LogP contribution >= 0.6 is 0 Å². The Balaban J connectivity index is 2.00. The fourth-order valence-electron chi connectivity index (χ4n) is 1.21. The van der Waals surface area contributed by atoms with Crippen molar-refractivity contribution in [3.8, 4) is 6.07 Å². The van der Waals surface area contributed by atoms with Crippen molar-refractivity contribution in [3.05, 3.63) is 36.3 Å². The molecule has 80 valence electrons. The third-order valence-electron chi connectivity index (χ3n) is 2.11. The highest BCUT2D eigenvalue weighted by Crippen LogP contribution is 2.03. The van der Waals surface area contributed by atoms with Gasteiger partial charge in [-0.15, -0.1) is 0 Å². The summed E-state index contributed by atoms with van der Waals surface area (Å²) < 4.78 is 1.92. The molecule has 0 aromatic carbocycles. The Bertz CT molecular complexity index is 507. The second kappa shape index (κ2) is 4.40. The zero-order chi connectivity index (χ0) is 11.4. The summed E-state index contributed by atoms with van der Waals surface area (Å²) in [6, 6.07) is 1.92. The number of imidazole rings is 1. The van der Waals surface area contributed by atoms with Gasteiger partial charge < -0.3 is 9.88 Å². The molecule has 6 heteroatoms. The van der Waals surface area contributed by atoms with Crippen LogP contribution in [0.4, 0.5) is 5.82 Å². The van der Waals surface area contributed by atoms with Gasteiger partial charge in [-0.25, -0.2) is 15.0 Å². The van der Waals surface area contributed by atoms with Crippen LogP contribution in [0.1, 0.15) is 11.5 Å². The first kappa shape index (κ1) is 10.1. The maximum atomic E-state index is 8.56. The van der Waals surface area contributed by atoms with Crippen LogP contribution in [0, 0.1) is 11.3 Å². The molecule has 2 rings (SSSR count). The van der Waals surface area contributed by atoms with Crippen molar-refractivity contribution in [2.75, 3.05) is 5.32 Å². The molecule has 0 spiro atoms. The number of hydrogen-bond acceptors (Lipinski definition) is 5. The van der Waals surface area contributed by atoms with Gasteiger partial charge in [0, 0.05) is 19.4 Å². The van der Waals surface area contributed by atoms with Crippen LogP contribution in [-0.2, 0) is 13.6 Å². The predicted molar refractivity (Wildman–Crippen MR) is 57.3 cm³/mol. The third-order valence-corrected chi connectivity index (χ3v) is 2.11. The van der Waals surface area contributed by atoms with E-state index in [1.165, 1.54) is 12.4 Å². The molecule has 0 atom stereocenters. The highest BCUT2D eigenvalue weighted by molar-refractivity contribution is 5.33. The van der Waals surface area contributed by atoms with Crippen LogP contribution < -0.4 is 5.32 Å². The molecule has 0 saturated heterocycles. The summed E-state index contributed by atoms with van der Waals surface area (Å²) in [6.45, 7) is 0.573. The van der Waals surface area contributed by atoms with Crippen molar-refractivity contribution >= 4 is 5.82 Å². The standard InChI is InChI=1S/C10H10N6/c1-16-3-2-12-10(16)7-15-9-6-13-8(4-11)5-14-9/h2-3,5-6H,7H2,1H3,(H,14,15). The molecule has 16 heavy (non-hydrogen) atoms. The lowest BCUT2D eigenvalue weighted by atomic mass is 10.5. The topological polar surface area (TPSA) is 79.4 Å². The SMILES string of the molecule is Cn1ccnc1CNc1cnc(C#N)cn1. The lowest BCUT2D eigenvalue weighted by Crippen LogP contribution is -2.07. The van der Waals surface area contributed by atoms with Crippen LogP contribution in [0.15, 0.2) is 24.8 Å². The van der Waals surface area contributed by atoms with Gasteiger partial charge in [0.25, 0.3) is 0 Å². The van der Waals surface area contributed by atoms with Crippen LogP contribution in [0.2, 0.25) is 0 Å². The van der Waals surface area contributed by atoms with E-state index in [0.717, 1.165) is 5.82 Å². The number of anilines is 1. The molecule has 0 fully saturated rings. The monoisotopic (exact) mass is 214 g/mol. The number of nitriles is 1. The van der Waals surface area contributed by atoms with Crippen molar-refractivity contribution in [3.63, 3.8) is 0 Å². The van der Waals surface area contributed by atoms with Gasteiger partial charge >= 0.3 is 0 Å². The van der Waals surface area contributed by atoms with E-state index in [4.69, 9.17) is 5.26 Å². The quantitative estimate of drug-likeness (QED) is 0.813. The van der Waals surface area contributed by atoms with Gasteiger partial charge in [0.2, 0.25) is 0 Å². The minimum Gasteiger partial charge on any atom is -0.362 e. The molecule has 0 saturated carbocycles. The van der Waals surface area contributed by atoms with Gasteiger partial charge in [-0.1, -0.05) is 0 Å². The van der Waals surface area contributed by atoms with Crippen LogP contribution in [-0.4, -0.2) is 19.5 Å². The third kappa shape index (κ3) is 2.15. The molecule has 0 bridgehead atoms. The maximum Gasteiger partial charge on any atom is 0.158 e. The Kier molecular flexibility index (Phi) is 2.78. The van der Waals surface area contributed by atoms with E-state index in [0.29, 0.717) is 18.1 Å².